The molecule has 0 bridgehead atoms. The number of halogens is 1. The molecule has 0 aliphatic carbocycles. The quantitative estimate of drug-likeness (QED) is 0.813. The van der Waals surface area contributed by atoms with Gasteiger partial charge in [-0.05, 0) is 18.6 Å². The highest BCUT2D eigenvalue weighted by atomic mass is 35.5. The van der Waals surface area contributed by atoms with E-state index in [2.05, 4.69) is 33.2 Å². The van der Waals surface area contributed by atoms with Crippen LogP contribution in [0.15, 0.2) is 12.3 Å². The molecular weight excluding hydrogens is 298 g/mol. The van der Waals surface area contributed by atoms with Gasteiger partial charge in [-0.25, -0.2) is 9.97 Å². The van der Waals surface area contributed by atoms with Crippen LogP contribution in [0.3, 0.4) is 0 Å². The number of rotatable bonds is 3. The number of aryl methyl sites for hydroxylation is 1. The summed E-state index contributed by atoms with van der Waals surface area (Å²) in [5, 5.41) is 0.639. The SMILES string of the molecule is Cc1ccnc2c1nc(CCl)n2CC1CSCCS1. The van der Waals surface area contributed by atoms with Crippen LogP contribution in [0.25, 0.3) is 11.2 Å². The highest BCUT2D eigenvalue weighted by molar-refractivity contribution is 8.06. The Labute approximate surface area is 126 Å². The van der Waals surface area contributed by atoms with Gasteiger partial charge < -0.3 is 4.57 Å². The monoisotopic (exact) mass is 313 g/mol. The summed E-state index contributed by atoms with van der Waals surface area (Å²) in [5.74, 6) is 5.10. The maximum atomic E-state index is 6.05. The molecule has 0 N–H and O–H groups in total. The van der Waals surface area contributed by atoms with Crippen LogP contribution in [0.4, 0.5) is 0 Å². The Balaban J connectivity index is 1.98. The van der Waals surface area contributed by atoms with Crippen LogP contribution in [0, 0.1) is 6.92 Å². The van der Waals surface area contributed by atoms with Crippen molar-refractivity contribution >= 4 is 46.3 Å². The predicted octanol–water partition coefficient (Wildman–Crippen LogP) is 3.33. The lowest BCUT2D eigenvalue weighted by Gasteiger charge is -2.22. The zero-order valence-electron chi connectivity index (χ0n) is 10.8. The Morgan fingerprint density at radius 2 is 2.37 bits per heavy atom. The van der Waals surface area contributed by atoms with Crippen LogP contribution in [0.2, 0.25) is 0 Å². The third kappa shape index (κ3) is 2.73. The molecule has 1 saturated heterocycles. The van der Waals surface area contributed by atoms with Crippen molar-refractivity contribution in [3.05, 3.63) is 23.7 Å². The summed E-state index contributed by atoms with van der Waals surface area (Å²) in [6, 6.07) is 2.00. The first kappa shape index (κ1) is 13.6. The second-order valence-electron chi connectivity index (χ2n) is 4.64. The number of fused-ring (bicyclic) bond motifs is 1. The van der Waals surface area contributed by atoms with Gasteiger partial charge in [0.2, 0.25) is 0 Å². The van der Waals surface area contributed by atoms with E-state index >= 15 is 0 Å². The molecule has 1 fully saturated rings. The van der Waals surface area contributed by atoms with Gasteiger partial charge in [0.15, 0.2) is 5.65 Å². The molecule has 0 aromatic carbocycles. The van der Waals surface area contributed by atoms with Crippen LogP contribution in [-0.4, -0.2) is 37.0 Å². The van der Waals surface area contributed by atoms with E-state index in [0.29, 0.717) is 11.1 Å². The number of hydrogen-bond acceptors (Lipinski definition) is 4. The molecule has 0 amide bonds. The molecule has 3 nitrogen and oxygen atoms in total. The standard InChI is InChI=1S/C13H16ClN3S2/c1-9-2-3-15-13-12(9)16-11(6-14)17(13)7-10-8-18-4-5-19-10/h2-3,10H,4-8H2,1H3. The zero-order chi connectivity index (χ0) is 13.2. The molecule has 1 unspecified atom stereocenters. The maximum Gasteiger partial charge on any atom is 0.160 e. The first-order valence-electron chi connectivity index (χ1n) is 6.35. The first-order chi connectivity index (χ1) is 9.29. The van der Waals surface area contributed by atoms with Crippen molar-refractivity contribution in [2.45, 2.75) is 24.6 Å². The highest BCUT2D eigenvalue weighted by Crippen LogP contribution is 2.27. The summed E-state index contributed by atoms with van der Waals surface area (Å²) in [6.07, 6.45) is 1.86. The highest BCUT2D eigenvalue weighted by Gasteiger charge is 2.19. The number of imidazole rings is 1. The summed E-state index contributed by atoms with van der Waals surface area (Å²) in [6.45, 7) is 3.04. The van der Waals surface area contributed by atoms with Crippen molar-refractivity contribution in [2.24, 2.45) is 0 Å². The molecule has 1 aliphatic rings. The second kappa shape index (κ2) is 5.94. The molecule has 0 spiro atoms. The fraction of sp³-hybridized carbons (Fsp3) is 0.538. The average molecular weight is 314 g/mol. The lowest BCUT2D eigenvalue weighted by atomic mass is 10.3. The minimum atomic E-state index is 0.445. The smallest absolute Gasteiger partial charge is 0.160 e. The van der Waals surface area contributed by atoms with E-state index in [9.17, 15) is 0 Å². The molecule has 19 heavy (non-hydrogen) atoms. The molecule has 2 aromatic heterocycles. The fourth-order valence-electron chi connectivity index (χ4n) is 2.32. The van der Waals surface area contributed by atoms with Gasteiger partial charge in [-0.1, -0.05) is 0 Å². The summed E-state index contributed by atoms with van der Waals surface area (Å²) in [4.78, 5) is 9.15. The maximum absolute atomic E-state index is 6.05. The summed E-state index contributed by atoms with van der Waals surface area (Å²) < 4.78 is 2.21. The minimum Gasteiger partial charge on any atom is -0.311 e. The van der Waals surface area contributed by atoms with Crippen LogP contribution < -0.4 is 0 Å². The van der Waals surface area contributed by atoms with Crippen molar-refractivity contribution in [2.75, 3.05) is 17.3 Å². The van der Waals surface area contributed by atoms with Gasteiger partial charge in [-0.15, -0.1) is 11.6 Å². The fourth-order valence-corrected chi connectivity index (χ4v) is 5.18. The minimum absolute atomic E-state index is 0.445. The Hall–Kier alpha value is -0.390. The lowest BCUT2D eigenvalue weighted by molar-refractivity contribution is 0.681. The van der Waals surface area contributed by atoms with Crippen molar-refractivity contribution in [1.29, 1.82) is 0 Å². The van der Waals surface area contributed by atoms with Crippen molar-refractivity contribution in [3.8, 4) is 0 Å². The zero-order valence-corrected chi connectivity index (χ0v) is 13.2. The summed E-state index contributed by atoms with van der Waals surface area (Å²) >= 11 is 10.1. The van der Waals surface area contributed by atoms with Gasteiger partial charge in [-0.3, -0.25) is 0 Å². The largest absolute Gasteiger partial charge is 0.311 e. The molecule has 3 rings (SSSR count). The van der Waals surface area contributed by atoms with Crippen LogP contribution >= 0.6 is 35.1 Å². The molecule has 0 radical (unpaired) electrons. The van der Waals surface area contributed by atoms with E-state index in [4.69, 9.17) is 11.6 Å². The molecule has 0 saturated carbocycles. The van der Waals surface area contributed by atoms with E-state index in [1.54, 1.807) is 0 Å². The third-order valence-corrected chi connectivity index (χ3v) is 6.37. The topological polar surface area (TPSA) is 30.7 Å². The molecular formula is C13H16ClN3S2. The number of alkyl halides is 1. The van der Waals surface area contributed by atoms with Gasteiger partial charge in [0, 0.05) is 35.3 Å². The van der Waals surface area contributed by atoms with Crippen molar-refractivity contribution in [1.82, 2.24) is 14.5 Å². The normalized spacial score (nSPS) is 20.0. The van der Waals surface area contributed by atoms with Crippen LogP contribution in [0.5, 0.6) is 0 Å². The Kier molecular flexibility index (Phi) is 4.24. The van der Waals surface area contributed by atoms with Gasteiger partial charge in [0.25, 0.3) is 0 Å². The molecule has 6 heteroatoms. The number of hydrogen-bond donors (Lipinski definition) is 0. The van der Waals surface area contributed by atoms with E-state index < -0.39 is 0 Å². The average Bonchev–Trinajstić information content (AvgIpc) is 2.80. The molecule has 1 aliphatic heterocycles. The Morgan fingerprint density at radius 3 is 3.11 bits per heavy atom. The van der Waals surface area contributed by atoms with Crippen molar-refractivity contribution in [3.63, 3.8) is 0 Å². The molecule has 1 atom stereocenters. The van der Waals surface area contributed by atoms with Crippen LogP contribution in [0.1, 0.15) is 11.4 Å². The van der Waals surface area contributed by atoms with Gasteiger partial charge in [-0.2, -0.15) is 23.5 Å². The van der Waals surface area contributed by atoms with Gasteiger partial charge in [0.05, 0.1) is 5.88 Å². The number of nitrogens with zero attached hydrogens (tertiary/aromatic N) is 3. The summed E-state index contributed by atoms with van der Waals surface area (Å²) in [5.41, 5.74) is 3.14. The molecule has 3 heterocycles. The second-order valence-corrected chi connectivity index (χ2v) is 7.47. The Bertz CT molecular complexity index is 579. The van der Waals surface area contributed by atoms with E-state index in [0.717, 1.165) is 23.5 Å². The Morgan fingerprint density at radius 1 is 1.47 bits per heavy atom. The third-order valence-electron chi connectivity index (χ3n) is 3.31. The number of pyridine rings is 1. The summed E-state index contributed by atoms with van der Waals surface area (Å²) in [7, 11) is 0. The number of aromatic nitrogens is 3. The van der Waals surface area contributed by atoms with Gasteiger partial charge >= 0.3 is 0 Å². The predicted molar refractivity (Wildman–Crippen MR) is 85.4 cm³/mol. The number of thioether (sulfide) groups is 2. The molecule has 102 valence electrons. The van der Waals surface area contributed by atoms with E-state index in [1.807, 2.05) is 24.0 Å². The van der Waals surface area contributed by atoms with Crippen molar-refractivity contribution < 1.29 is 0 Å². The lowest BCUT2D eigenvalue weighted by Crippen LogP contribution is -2.21. The molecule has 2 aromatic rings. The van der Waals surface area contributed by atoms with E-state index in [1.165, 1.54) is 22.8 Å². The van der Waals surface area contributed by atoms with E-state index in [-0.39, 0.29) is 0 Å². The van der Waals surface area contributed by atoms with Gasteiger partial charge in [0.1, 0.15) is 11.3 Å². The van der Waals surface area contributed by atoms with Crippen LogP contribution in [-0.2, 0) is 12.4 Å². The first-order valence-corrected chi connectivity index (χ1v) is 9.09.